The number of aryl methyl sites for hydroxylation is 1. The molecule has 1 saturated heterocycles. The lowest BCUT2D eigenvalue weighted by Gasteiger charge is -2.16. The molecule has 1 fully saturated rings. The molecule has 0 amide bonds. The normalized spacial score (nSPS) is 15.3. The minimum atomic E-state index is -3.61. The number of hydrogen-bond acceptors (Lipinski definition) is 6. The second kappa shape index (κ2) is 9.49. The van der Waals surface area contributed by atoms with Gasteiger partial charge in [-0.15, -0.1) is 12.4 Å². The molecule has 2 N–H and O–H groups in total. The first-order valence-corrected chi connectivity index (χ1v) is 11.3. The van der Waals surface area contributed by atoms with E-state index < -0.39 is 21.5 Å². The average Bonchev–Trinajstić information content (AvgIpc) is 3.39. The first-order chi connectivity index (χ1) is 14.8. The third kappa shape index (κ3) is 4.20. The summed E-state index contributed by atoms with van der Waals surface area (Å²) >= 11 is 0. The van der Waals surface area contributed by atoms with Crippen LogP contribution >= 0.6 is 12.4 Å². The number of sulfonamides is 1. The molecule has 0 atom stereocenters. The van der Waals surface area contributed by atoms with E-state index in [1.54, 1.807) is 31.3 Å². The van der Waals surface area contributed by atoms with Gasteiger partial charge in [-0.3, -0.25) is 9.13 Å². The Hall–Kier alpha value is -2.60. The van der Waals surface area contributed by atoms with Gasteiger partial charge in [0.15, 0.2) is 5.65 Å². The van der Waals surface area contributed by atoms with E-state index in [4.69, 9.17) is 5.73 Å². The maximum atomic E-state index is 14.1. The quantitative estimate of drug-likeness (QED) is 0.572. The molecule has 3 heterocycles. The molecule has 12 heteroatoms. The van der Waals surface area contributed by atoms with Gasteiger partial charge in [-0.1, -0.05) is 12.1 Å². The molecule has 0 bridgehead atoms. The monoisotopic (exact) mass is 482 g/mol. The summed E-state index contributed by atoms with van der Waals surface area (Å²) in [6.45, 7) is 0.726. The number of hydrogen-bond donors (Lipinski definition) is 1. The fourth-order valence-corrected chi connectivity index (χ4v) is 5.39. The van der Waals surface area contributed by atoms with E-state index in [2.05, 4.69) is 9.97 Å². The van der Waals surface area contributed by atoms with Gasteiger partial charge in [-0.25, -0.2) is 27.6 Å². The van der Waals surface area contributed by atoms with Crippen molar-refractivity contribution in [3.8, 4) is 11.3 Å². The van der Waals surface area contributed by atoms with Gasteiger partial charge in [-0.2, -0.15) is 4.31 Å². The highest BCUT2D eigenvalue weighted by atomic mass is 35.5. The van der Waals surface area contributed by atoms with Crippen LogP contribution in [0.3, 0.4) is 0 Å². The molecule has 32 heavy (non-hydrogen) atoms. The second-order valence-corrected chi connectivity index (χ2v) is 9.29. The van der Waals surface area contributed by atoms with Crippen molar-refractivity contribution in [2.24, 2.45) is 12.8 Å². The van der Waals surface area contributed by atoms with E-state index in [9.17, 15) is 17.6 Å². The van der Waals surface area contributed by atoms with Crippen LogP contribution in [0.2, 0.25) is 0 Å². The van der Waals surface area contributed by atoms with Crippen LogP contribution in [0.1, 0.15) is 12.8 Å². The molecule has 172 valence electrons. The van der Waals surface area contributed by atoms with Crippen LogP contribution in [0.5, 0.6) is 0 Å². The van der Waals surface area contributed by atoms with Gasteiger partial charge in [0.05, 0.1) is 17.1 Å². The Labute approximate surface area is 190 Å². The summed E-state index contributed by atoms with van der Waals surface area (Å²) in [5, 5.41) is 0. The predicted octanol–water partition coefficient (Wildman–Crippen LogP) is 1.82. The number of aromatic nitrogens is 4. The third-order valence-corrected chi connectivity index (χ3v) is 7.27. The predicted molar refractivity (Wildman–Crippen MR) is 122 cm³/mol. The number of allylic oxidation sites excluding steroid dienone is 1. The van der Waals surface area contributed by atoms with Crippen molar-refractivity contribution >= 4 is 33.6 Å². The summed E-state index contributed by atoms with van der Waals surface area (Å²) in [6.07, 6.45) is 4.16. The largest absolute Gasteiger partial charge is 0.330 e. The Bertz CT molecular complexity index is 1330. The summed E-state index contributed by atoms with van der Waals surface area (Å²) in [5.74, 6) is -0.545. The number of rotatable bonds is 6. The minimum Gasteiger partial charge on any atom is -0.327 e. The molecule has 3 aromatic rings. The van der Waals surface area contributed by atoms with Gasteiger partial charge < -0.3 is 5.73 Å². The molecule has 1 aliphatic heterocycles. The number of fused-ring (bicyclic) bond motifs is 1. The van der Waals surface area contributed by atoms with Gasteiger partial charge in [-0.05, 0) is 31.1 Å². The fourth-order valence-electron chi connectivity index (χ4n) is 3.82. The van der Waals surface area contributed by atoms with Gasteiger partial charge in [0.25, 0.3) is 0 Å². The Balaban J connectivity index is 0.00000289. The Morgan fingerprint density at radius 3 is 2.66 bits per heavy atom. The van der Waals surface area contributed by atoms with Crippen molar-refractivity contribution in [2.45, 2.75) is 24.3 Å². The van der Waals surface area contributed by atoms with Crippen LogP contribution in [0.4, 0.5) is 4.39 Å². The van der Waals surface area contributed by atoms with Crippen molar-refractivity contribution in [2.75, 3.05) is 19.6 Å². The molecule has 1 aromatic carbocycles. The van der Waals surface area contributed by atoms with E-state index in [0.29, 0.717) is 29.9 Å². The van der Waals surface area contributed by atoms with E-state index in [-0.39, 0.29) is 36.0 Å². The van der Waals surface area contributed by atoms with Crippen molar-refractivity contribution in [1.82, 2.24) is 23.4 Å². The van der Waals surface area contributed by atoms with Crippen molar-refractivity contribution in [3.05, 3.63) is 53.0 Å². The van der Waals surface area contributed by atoms with Crippen LogP contribution in [0, 0.1) is 0 Å². The number of nitrogens with zero attached hydrogens (tertiary/aromatic N) is 5. The average molecular weight is 483 g/mol. The molecule has 4 rings (SSSR count). The molecule has 0 aliphatic carbocycles. The number of halogens is 2. The second-order valence-electron chi connectivity index (χ2n) is 7.35. The van der Waals surface area contributed by atoms with Crippen LogP contribution < -0.4 is 11.4 Å². The van der Waals surface area contributed by atoms with Crippen molar-refractivity contribution in [1.29, 1.82) is 0 Å². The maximum absolute atomic E-state index is 14.1. The van der Waals surface area contributed by atoms with Crippen LogP contribution in [0.15, 0.2) is 52.2 Å². The van der Waals surface area contributed by atoms with E-state index >= 15 is 0 Å². The molecule has 0 unspecified atom stereocenters. The van der Waals surface area contributed by atoms with Gasteiger partial charge in [0, 0.05) is 32.2 Å². The molecule has 9 nitrogen and oxygen atoms in total. The highest BCUT2D eigenvalue weighted by Gasteiger charge is 2.28. The molecule has 0 saturated carbocycles. The van der Waals surface area contributed by atoms with Gasteiger partial charge in [0.1, 0.15) is 17.7 Å². The zero-order valence-electron chi connectivity index (χ0n) is 17.4. The lowest BCUT2D eigenvalue weighted by atomic mass is 10.1. The summed E-state index contributed by atoms with van der Waals surface area (Å²) in [5.41, 5.74) is 6.45. The number of imidazole rings is 1. The van der Waals surface area contributed by atoms with Crippen LogP contribution in [0.25, 0.3) is 22.4 Å². The summed E-state index contributed by atoms with van der Waals surface area (Å²) in [7, 11) is -2.07. The Morgan fingerprint density at radius 1 is 1.25 bits per heavy atom. The van der Waals surface area contributed by atoms with Crippen LogP contribution in [-0.2, 0) is 23.6 Å². The summed E-state index contributed by atoms with van der Waals surface area (Å²) in [6, 6.07) is 6.46. The molecule has 0 radical (unpaired) electrons. The highest BCUT2D eigenvalue weighted by molar-refractivity contribution is 7.89. The van der Waals surface area contributed by atoms with Crippen LogP contribution in [-0.4, -0.2) is 51.5 Å². The Kier molecular flexibility index (Phi) is 7.13. The number of nitrogens with two attached hydrogens (primary N) is 1. The minimum absolute atomic E-state index is 0. The summed E-state index contributed by atoms with van der Waals surface area (Å²) < 4.78 is 44.0. The van der Waals surface area contributed by atoms with E-state index in [0.717, 1.165) is 12.8 Å². The zero-order chi connectivity index (χ0) is 22.2. The fraction of sp³-hybridized carbons (Fsp3) is 0.350. The first-order valence-electron chi connectivity index (χ1n) is 9.90. The molecule has 0 spiro atoms. The SMILES string of the molecule is Cl.Cn1c(=O)n(C/C(F)=C/CN)c2ncnc(-c3cccc(S(=O)(=O)N4CCCC4)c3)c21. The molecule has 2 aromatic heterocycles. The van der Waals surface area contributed by atoms with Crippen molar-refractivity contribution < 1.29 is 12.8 Å². The molecule has 1 aliphatic rings. The smallest absolute Gasteiger partial charge is 0.327 e. The Morgan fingerprint density at radius 2 is 1.97 bits per heavy atom. The maximum Gasteiger partial charge on any atom is 0.330 e. The standard InChI is InChI=1S/C20H23FN6O3S.ClH/c1-25-18-17(23-13-24-19(18)27(20(25)28)12-15(21)7-8-22)14-5-4-6-16(11-14)31(29,30)26-9-2-3-10-26;/h4-7,11,13H,2-3,8-10,12,22H2,1H3;1H/b15-7-;. The van der Waals surface area contributed by atoms with Crippen molar-refractivity contribution in [3.63, 3.8) is 0 Å². The molecular weight excluding hydrogens is 459 g/mol. The summed E-state index contributed by atoms with van der Waals surface area (Å²) in [4.78, 5) is 21.4. The van der Waals surface area contributed by atoms with Gasteiger partial charge >= 0.3 is 5.69 Å². The third-order valence-electron chi connectivity index (χ3n) is 5.37. The highest BCUT2D eigenvalue weighted by Crippen LogP contribution is 2.28. The van der Waals surface area contributed by atoms with E-state index in [1.165, 1.54) is 25.8 Å². The molecular formula is C20H24ClFN6O3S. The topological polar surface area (TPSA) is 116 Å². The lowest BCUT2D eigenvalue weighted by Crippen LogP contribution is -2.27. The zero-order valence-corrected chi connectivity index (χ0v) is 19.1. The number of benzene rings is 1. The lowest BCUT2D eigenvalue weighted by molar-refractivity contribution is 0.477. The first kappa shape index (κ1) is 24.1. The van der Waals surface area contributed by atoms with Gasteiger partial charge in [0.2, 0.25) is 10.0 Å². The van der Waals surface area contributed by atoms with E-state index in [1.807, 2.05) is 0 Å².